The molecule has 0 aromatic heterocycles. The minimum absolute atomic E-state index is 0.0767. The highest BCUT2D eigenvalue weighted by atomic mass is 32.2. The largest absolute Gasteiger partial charge is 0.297 e. The molecule has 152 valence electrons. The van der Waals surface area contributed by atoms with Crippen LogP contribution in [0.15, 0.2) is 83.8 Å². The van der Waals surface area contributed by atoms with E-state index >= 15 is 0 Å². The lowest BCUT2D eigenvalue weighted by atomic mass is 9.83. The van der Waals surface area contributed by atoms with Gasteiger partial charge in [0.25, 0.3) is 10.0 Å². The van der Waals surface area contributed by atoms with Gasteiger partial charge >= 0.3 is 0 Å². The fraction of sp³-hybridized carbons (Fsp3) is 0.130. The Morgan fingerprint density at radius 3 is 2.13 bits per heavy atom. The maximum atomic E-state index is 13.7. The molecular formula is C23H18FNO4S. The molecular weight excluding hydrogens is 405 g/mol. The quantitative estimate of drug-likeness (QED) is 0.462. The highest BCUT2D eigenvalue weighted by molar-refractivity contribution is 7.93. The van der Waals surface area contributed by atoms with E-state index in [-0.39, 0.29) is 22.6 Å². The Bertz CT molecular complexity index is 1240. The highest BCUT2D eigenvalue weighted by Crippen LogP contribution is 2.45. The van der Waals surface area contributed by atoms with E-state index in [4.69, 9.17) is 0 Å². The fourth-order valence-corrected chi connectivity index (χ4v) is 5.70. The summed E-state index contributed by atoms with van der Waals surface area (Å²) in [6.07, 6.45) is -0.0767. The Labute approximate surface area is 173 Å². The van der Waals surface area contributed by atoms with Crippen LogP contribution in [0.2, 0.25) is 0 Å². The maximum Gasteiger partial charge on any atom is 0.265 e. The first-order valence-electron chi connectivity index (χ1n) is 9.28. The monoisotopic (exact) mass is 423 g/mol. The van der Waals surface area contributed by atoms with Crippen LogP contribution in [0.4, 0.5) is 10.1 Å². The maximum absolute atomic E-state index is 13.7. The lowest BCUT2D eigenvalue weighted by Crippen LogP contribution is -2.60. The van der Waals surface area contributed by atoms with E-state index in [9.17, 15) is 22.4 Å². The number of carbonyl (C=O) groups is 2. The van der Waals surface area contributed by atoms with Gasteiger partial charge in [0.2, 0.25) is 0 Å². The Morgan fingerprint density at radius 2 is 1.50 bits per heavy atom. The Hall–Kier alpha value is -3.32. The van der Waals surface area contributed by atoms with Gasteiger partial charge in [-0.15, -0.1) is 0 Å². The molecule has 30 heavy (non-hydrogen) atoms. The number of nitrogens with zero attached hydrogens (tertiary/aromatic N) is 1. The van der Waals surface area contributed by atoms with Gasteiger partial charge in [-0.2, -0.15) is 0 Å². The van der Waals surface area contributed by atoms with Gasteiger partial charge in [0.05, 0.1) is 10.6 Å². The first-order valence-corrected chi connectivity index (χ1v) is 10.7. The van der Waals surface area contributed by atoms with Crippen LogP contribution in [0.3, 0.4) is 0 Å². The fourth-order valence-electron chi connectivity index (χ4n) is 3.89. The topological polar surface area (TPSA) is 71.5 Å². The van der Waals surface area contributed by atoms with E-state index in [0.29, 0.717) is 5.56 Å². The van der Waals surface area contributed by atoms with Gasteiger partial charge in [0.1, 0.15) is 5.82 Å². The average Bonchev–Trinajstić information content (AvgIpc) is 3.11. The number of halogens is 1. The SMILES string of the molecule is CC(=O)C1(C(=O)c2ccccc2)Cc2ccccc2N1S(=O)(=O)c1ccc(F)cc1. The molecule has 0 radical (unpaired) electrons. The molecule has 1 atom stereocenters. The van der Waals surface area contributed by atoms with Crippen molar-refractivity contribution in [2.75, 3.05) is 4.31 Å². The molecule has 1 aliphatic heterocycles. The number of rotatable bonds is 5. The van der Waals surface area contributed by atoms with Crippen molar-refractivity contribution in [2.45, 2.75) is 23.8 Å². The molecule has 0 amide bonds. The normalized spacial score (nSPS) is 18.1. The van der Waals surface area contributed by atoms with Gasteiger partial charge in [-0.05, 0) is 42.8 Å². The number of Topliss-reactive ketones (excluding diaryl/α,β-unsaturated/α-hetero) is 2. The van der Waals surface area contributed by atoms with Crippen LogP contribution in [0.1, 0.15) is 22.8 Å². The summed E-state index contributed by atoms with van der Waals surface area (Å²) >= 11 is 0. The van der Waals surface area contributed by atoms with E-state index in [0.717, 1.165) is 28.6 Å². The van der Waals surface area contributed by atoms with Crippen LogP contribution in [-0.4, -0.2) is 25.5 Å². The first kappa shape index (κ1) is 20.0. The first-order chi connectivity index (χ1) is 14.3. The molecule has 1 unspecified atom stereocenters. The van der Waals surface area contributed by atoms with Crippen molar-refractivity contribution in [2.24, 2.45) is 0 Å². The van der Waals surface area contributed by atoms with Crippen LogP contribution in [-0.2, 0) is 21.2 Å². The van der Waals surface area contributed by atoms with Crippen molar-refractivity contribution in [3.05, 3.63) is 95.8 Å². The predicted octanol–water partition coefficient (Wildman–Crippen LogP) is 3.79. The smallest absolute Gasteiger partial charge is 0.265 e. The molecule has 0 fully saturated rings. The zero-order valence-electron chi connectivity index (χ0n) is 16.1. The van der Waals surface area contributed by atoms with Crippen LogP contribution < -0.4 is 4.31 Å². The summed E-state index contributed by atoms with van der Waals surface area (Å²) in [5.41, 5.74) is -0.887. The number of benzene rings is 3. The van der Waals surface area contributed by atoms with E-state index < -0.39 is 32.9 Å². The third kappa shape index (κ3) is 2.93. The van der Waals surface area contributed by atoms with Crippen LogP contribution in [0, 0.1) is 5.82 Å². The number of anilines is 1. The number of sulfonamides is 1. The summed E-state index contributed by atoms with van der Waals surface area (Å²) in [7, 11) is -4.35. The third-order valence-corrected chi connectivity index (χ3v) is 7.21. The minimum Gasteiger partial charge on any atom is -0.297 e. The molecule has 5 nitrogen and oxygen atoms in total. The number of hydrogen-bond donors (Lipinski definition) is 0. The number of fused-ring (bicyclic) bond motifs is 1. The number of hydrogen-bond acceptors (Lipinski definition) is 4. The molecule has 0 spiro atoms. The standard InChI is InChI=1S/C23H18FNO4S/c1-16(26)23(22(27)17-7-3-2-4-8-17)15-18-9-5-6-10-21(18)25(23)30(28,29)20-13-11-19(24)12-14-20/h2-14H,15H2,1H3. The van der Waals surface area contributed by atoms with Crippen molar-refractivity contribution in [1.82, 2.24) is 0 Å². The molecule has 4 rings (SSSR count). The van der Waals surface area contributed by atoms with Crippen molar-refractivity contribution in [3.63, 3.8) is 0 Å². The molecule has 0 bridgehead atoms. The van der Waals surface area contributed by atoms with E-state index in [1.165, 1.54) is 6.92 Å². The molecule has 1 aliphatic rings. The van der Waals surface area contributed by atoms with E-state index in [2.05, 4.69) is 0 Å². The van der Waals surface area contributed by atoms with Crippen molar-refractivity contribution in [3.8, 4) is 0 Å². The van der Waals surface area contributed by atoms with Gasteiger partial charge in [-0.3, -0.25) is 9.59 Å². The van der Waals surface area contributed by atoms with E-state index in [1.54, 1.807) is 54.6 Å². The molecule has 0 saturated carbocycles. The predicted molar refractivity (Wildman–Crippen MR) is 110 cm³/mol. The second-order valence-corrected chi connectivity index (χ2v) is 8.93. The highest BCUT2D eigenvalue weighted by Gasteiger charge is 2.58. The molecule has 3 aromatic rings. The van der Waals surface area contributed by atoms with Gasteiger partial charge in [0, 0.05) is 12.0 Å². The van der Waals surface area contributed by atoms with Gasteiger partial charge in [0.15, 0.2) is 17.1 Å². The van der Waals surface area contributed by atoms with E-state index in [1.807, 2.05) is 0 Å². The summed E-state index contributed by atoms with van der Waals surface area (Å²) in [6, 6.07) is 19.1. The zero-order valence-corrected chi connectivity index (χ0v) is 16.9. The second kappa shape index (κ2) is 7.18. The number of para-hydroxylation sites is 1. The van der Waals surface area contributed by atoms with Crippen LogP contribution >= 0.6 is 0 Å². The average molecular weight is 423 g/mol. The minimum atomic E-state index is -4.35. The zero-order chi connectivity index (χ0) is 21.5. The third-order valence-electron chi connectivity index (χ3n) is 5.35. The van der Waals surface area contributed by atoms with Crippen molar-refractivity contribution >= 4 is 27.3 Å². The second-order valence-electron chi connectivity index (χ2n) is 7.14. The molecule has 7 heteroatoms. The summed E-state index contributed by atoms with van der Waals surface area (Å²) in [6.45, 7) is 1.22. The van der Waals surface area contributed by atoms with Gasteiger partial charge in [-0.1, -0.05) is 48.5 Å². The lowest BCUT2D eigenvalue weighted by molar-refractivity contribution is -0.120. The summed E-state index contributed by atoms with van der Waals surface area (Å²) in [4.78, 5) is 26.4. The van der Waals surface area contributed by atoms with Gasteiger partial charge < -0.3 is 0 Å². The number of ketones is 2. The van der Waals surface area contributed by atoms with Crippen molar-refractivity contribution in [1.29, 1.82) is 0 Å². The summed E-state index contributed by atoms with van der Waals surface area (Å²) < 4.78 is 41.6. The Balaban J connectivity index is 1.99. The summed E-state index contributed by atoms with van der Waals surface area (Å²) in [5.74, 6) is -1.77. The van der Waals surface area contributed by atoms with Crippen LogP contribution in [0.25, 0.3) is 0 Å². The number of carbonyl (C=O) groups excluding carboxylic acids is 2. The molecule has 3 aromatic carbocycles. The van der Waals surface area contributed by atoms with Crippen LogP contribution in [0.5, 0.6) is 0 Å². The molecule has 0 saturated heterocycles. The van der Waals surface area contributed by atoms with Crippen molar-refractivity contribution < 1.29 is 22.4 Å². The Morgan fingerprint density at radius 1 is 0.900 bits per heavy atom. The summed E-state index contributed by atoms with van der Waals surface area (Å²) in [5, 5.41) is 0. The molecule has 0 aliphatic carbocycles. The van der Waals surface area contributed by atoms with Gasteiger partial charge in [-0.25, -0.2) is 17.1 Å². The molecule has 0 N–H and O–H groups in total. The molecule has 1 heterocycles. The lowest BCUT2D eigenvalue weighted by Gasteiger charge is -2.36. The Kier molecular flexibility index (Phi) is 4.78.